The van der Waals surface area contributed by atoms with Gasteiger partial charge in [-0.2, -0.15) is 0 Å². The van der Waals surface area contributed by atoms with Gasteiger partial charge in [-0.1, -0.05) is 13.3 Å². The van der Waals surface area contributed by atoms with Crippen LogP contribution in [0.4, 0.5) is 0 Å². The van der Waals surface area contributed by atoms with Crippen LogP contribution in [0.1, 0.15) is 77.2 Å². The Bertz CT molecular complexity index is 1350. The Hall–Kier alpha value is -3.49. The molecule has 0 unspecified atom stereocenters. The predicted octanol–water partition coefficient (Wildman–Crippen LogP) is 3.42. The number of aromatic nitrogens is 5. The molecule has 6 rings (SSSR count). The number of aryl methyl sites for hydroxylation is 1. The van der Waals surface area contributed by atoms with Gasteiger partial charge in [-0.05, 0) is 31.2 Å². The molecule has 0 radical (unpaired) electrons. The molecule has 2 aliphatic rings. The molecular formula is C23H24N6O3. The number of H-pyrrole nitrogens is 1. The fourth-order valence-corrected chi connectivity index (χ4v) is 5.50. The highest BCUT2D eigenvalue weighted by Gasteiger charge is 2.38. The van der Waals surface area contributed by atoms with E-state index in [1.165, 1.54) is 6.26 Å². The number of amides is 1. The van der Waals surface area contributed by atoms with Crippen LogP contribution in [0.25, 0.3) is 16.8 Å². The smallest absolute Gasteiger partial charge is 0.255 e. The van der Waals surface area contributed by atoms with Crippen LogP contribution in [0.15, 0.2) is 29.1 Å². The number of furan rings is 1. The summed E-state index contributed by atoms with van der Waals surface area (Å²) < 4.78 is 7.61. The van der Waals surface area contributed by atoms with E-state index in [-0.39, 0.29) is 23.7 Å². The molecule has 1 fully saturated rings. The number of carbonyl (C=O) groups is 2. The quantitative estimate of drug-likeness (QED) is 0.510. The maximum atomic E-state index is 13.1. The Morgan fingerprint density at radius 1 is 1.31 bits per heavy atom. The van der Waals surface area contributed by atoms with E-state index in [2.05, 4.69) is 36.8 Å². The van der Waals surface area contributed by atoms with E-state index >= 15 is 0 Å². The largest absolute Gasteiger partial charge is 0.468 e. The minimum atomic E-state index is -0.228. The number of hydrogen-bond donors (Lipinski definition) is 2. The van der Waals surface area contributed by atoms with Gasteiger partial charge >= 0.3 is 0 Å². The summed E-state index contributed by atoms with van der Waals surface area (Å²) in [5, 5.41) is 12.0. The predicted molar refractivity (Wildman–Crippen MR) is 116 cm³/mol. The van der Waals surface area contributed by atoms with Crippen molar-refractivity contribution in [2.24, 2.45) is 5.92 Å². The molecule has 0 saturated heterocycles. The lowest BCUT2D eigenvalue weighted by molar-refractivity contribution is 0.0916. The number of nitrogens with one attached hydrogen (secondary N) is 2. The number of aromatic amines is 1. The average Bonchev–Trinajstić information content (AvgIpc) is 3.56. The topological polar surface area (TPSA) is 118 Å². The van der Waals surface area contributed by atoms with Crippen molar-refractivity contribution in [1.82, 2.24) is 29.9 Å². The lowest BCUT2D eigenvalue weighted by Crippen LogP contribution is -2.34. The van der Waals surface area contributed by atoms with Crippen LogP contribution in [-0.2, 0) is 6.42 Å². The number of nitrogens with zero attached hydrogens (tertiary/aromatic N) is 4. The third kappa shape index (κ3) is 2.87. The maximum absolute atomic E-state index is 13.1. The van der Waals surface area contributed by atoms with E-state index in [1.807, 2.05) is 12.3 Å². The highest BCUT2D eigenvalue weighted by atomic mass is 16.3. The SMILES string of the molecule is CC[C@@H]1C[C@H](NC(=O)c2coc3c2C(=O)CCC3)C[C@@H]1c1nnc2cnc3[nH]ccc3n12. The lowest BCUT2D eigenvalue weighted by atomic mass is 9.93. The van der Waals surface area contributed by atoms with Gasteiger partial charge in [-0.3, -0.25) is 14.0 Å². The van der Waals surface area contributed by atoms with Gasteiger partial charge in [0.2, 0.25) is 0 Å². The number of rotatable bonds is 4. The van der Waals surface area contributed by atoms with Gasteiger partial charge < -0.3 is 14.7 Å². The lowest BCUT2D eigenvalue weighted by Gasteiger charge is -2.15. The van der Waals surface area contributed by atoms with Crippen molar-refractivity contribution < 1.29 is 14.0 Å². The first-order valence-electron chi connectivity index (χ1n) is 11.3. The summed E-state index contributed by atoms with van der Waals surface area (Å²) in [5.74, 6) is 1.86. The van der Waals surface area contributed by atoms with Gasteiger partial charge in [0.05, 0.1) is 22.8 Å². The van der Waals surface area contributed by atoms with Crippen LogP contribution in [0.5, 0.6) is 0 Å². The second-order valence-electron chi connectivity index (χ2n) is 8.86. The first-order chi connectivity index (χ1) is 15.6. The summed E-state index contributed by atoms with van der Waals surface area (Å²) >= 11 is 0. The second-order valence-corrected chi connectivity index (χ2v) is 8.86. The molecule has 9 heteroatoms. The van der Waals surface area contributed by atoms with Crippen LogP contribution < -0.4 is 5.32 Å². The monoisotopic (exact) mass is 432 g/mol. The molecule has 4 aromatic heterocycles. The fraction of sp³-hybridized carbons (Fsp3) is 0.435. The molecule has 0 spiro atoms. The maximum Gasteiger partial charge on any atom is 0.255 e. The van der Waals surface area contributed by atoms with Crippen molar-refractivity contribution in [3.8, 4) is 0 Å². The van der Waals surface area contributed by atoms with E-state index in [0.29, 0.717) is 35.6 Å². The minimum Gasteiger partial charge on any atom is -0.468 e. The Labute approximate surface area is 183 Å². The number of Topliss-reactive ketones (excluding diaryl/α,β-unsaturated/α-hetero) is 1. The molecule has 2 N–H and O–H groups in total. The van der Waals surface area contributed by atoms with E-state index in [0.717, 1.165) is 48.3 Å². The summed E-state index contributed by atoms with van der Waals surface area (Å²) in [6.45, 7) is 2.17. The summed E-state index contributed by atoms with van der Waals surface area (Å²) in [5.41, 5.74) is 3.31. The van der Waals surface area contributed by atoms with Gasteiger partial charge in [-0.15, -0.1) is 10.2 Å². The number of carbonyl (C=O) groups excluding carboxylic acids is 2. The van der Waals surface area contributed by atoms with Crippen LogP contribution in [-0.4, -0.2) is 42.3 Å². The van der Waals surface area contributed by atoms with Crippen LogP contribution >= 0.6 is 0 Å². The van der Waals surface area contributed by atoms with Crippen molar-refractivity contribution in [2.45, 2.75) is 57.4 Å². The molecule has 0 bridgehead atoms. The molecular weight excluding hydrogens is 408 g/mol. The number of hydrogen-bond acceptors (Lipinski definition) is 6. The van der Waals surface area contributed by atoms with Crippen molar-refractivity contribution >= 4 is 28.5 Å². The number of fused-ring (bicyclic) bond motifs is 4. The molecule has 1 saturated carbocycles. The highest BCUT2D eigenvalue weighted by Crippen LogP contribution is 2.41. The Morgan fingerprint density at radius 2 is 2.22 bits per heavy atom. The van der Waals surface area contributed by atoms with Crippen LogP contribution in [0, 0.1) is 5.92 Å². The molecule has 4 heterocycles. The summed E-state index contributed by atoms with van der Waals surface area (Å²) in [7, 11) is 0. The van der Waals surface area contributed by atoms with Gasteiger partial charge in [0.1, 0.15) is 17.8 Å². The van der Waals surface area contributed by atoms with E-state index < -0.39 is 0 Å². The van der Waals surface area contributed by atoms with Crippen LogP contribution in [0.3, 0.4) is 0 Å². The zero-order chi connectivity index (χ0) is 21.8. The molecule has 32 heavy (non-hydrogen) atoms. The standard InChI is InChI=1S/C23H24N6O3/c1-2-12-8-13(26-23(31)15-11-32-18-5-3-4-17(30)20(15)18)9-14(12)22-28-27-19-10-25-21-16(29(19)22)6-7-24-21/h6-7,10-14,24H,2-5,8-9H2,1H3,(H,26,31)/t12-,13+,14+/m1/s1. The van der Waals surface area contributed by atoms with Gasteiger partial charge in [0, 0.05) is 31.0 Å². The van der Waals surface area contributed by atoms with E-state index in [9.17, 15) is 9.59 Å². The second kappa shape index (κ2) is 7.29. The Morgan fingerprint density at radius 3 is 3.09 bits per heavy atom. The van der Waals surface area contributed by atoms with Gasteiger partial charge in [0.15, 0.2) is 17.1 Å². The summed E-state index contributed by atoms with van der Waals surface area (Å²) in [6, 6.07) is 1.98. The third-order valence-electron chi connectivity index (χ3n) is 7.05. The van der Waals surface area contributed by atoms with Gasteiger partial charge in [0.25, 0.3) is 5.91 Å². The van der Waals surface area contributed by atoms with E-state index in [1.54, 1.807) is 6.20 Å². The molecule has 4 aromatic rings. The van der Waals surface area contributed by atoms with E-state index in [4.69, 9.17) is 4.42 Å². The molecule has 9 nitrogen and oxygen atoms in total. The summed E-state index contributed by atoms with van der Waals surface area (Å²) in [4.78, 5) is 33.0. The Balaban J connectivity index is 1.28. The van der Waals surface area contributed by atoms with Crippen LogP contribution in [0.2, 0.25) is 0 Å². The zero-order valence-electron chi connectivity index (χ0n) is 17.8. The molecule has 3 atom stereocenters. The normalized spacial score (nSPS) is 23.2. The fourth-order valence-electron chi connectivity index (χ4n) is 5.50. The third-order valence-corrected chi connectivity index (χ3v) is 7.05. The molecule has 164 valence electrons. The first-order valence-corrected chi connectivity index (χ1v) is 11.3. The number of ketones is 1. The van der Waals surface area contributed by atoms with Crippen molar-refractivity contribution in [1.29, 1.82) is 0 Å². The summed E-state index contributed by atoms with van der Waals surface area (Å²) in [6.07, 6.45) is 9.59. The Kier molecular flexibility index (Phi) is 4.38. The minimum absolute atomic E-state index is 0.0000537. The van der Waals surface area contributed by atoms with Crippen molar-refractivity contribution in [3.05, 3.63) is 47.4 Å². The average molecular weight is 432 g/mol. The molecule has 0 aliphatic heterocycles. The van der Waals surface area contributed by atoms with Crippen molar-refractivity contribution in [2.75, 3.05) is 0 Å². The first kappa shape index (κ1) is 19.2. The molecule has 2 aliphatic carbocycles. The van der Waals surface area contributed by atoms with Crippen molar-refractivity contribution in [3.63, 3.8) is 0 Å². The zero-order valence-corrected chi connectivity index (χ0v) is 17.8. The molecule has 1 amide bonds. The molecule has 0 aromatic carbocycles. The highest BCUT2D eigenvalue weighted by molar-refractivity contribution is 6.09. The van der Waals surface area contributed by atoms with Gasteiger partial charge in [-0.25, -0.2) is 4.98 Å².